The number of nitrogens with one attached hydrogen (secondary N) is 1. The number of fused-ring (bicyclic) bond motifs is 1. The number of hydrogen-bond acceptors (Lipinski definition) is 4. The highest BCUT2D eigenvalue weighted by molar-refractivity contribution is 6.30. The van der Waals surface area contributed by atoms with E-state index in [1.54, 1.807) is 42.5 Å². The Bertz CT molecular complexity index is 855. The number of rotatable bonds is 3. The molecule has 1 atom stereocenters. The Kier molecular flexibility index (Phi) is 3.97. The van der Waals surface area contributed by atoms with Crippen molar-refractivity contribution >= 4 is 35.0 Å². The number of para-hydroxylation sites is 2. The van der Waals surface area contributed by atoms with E-state index in [-0.39, 0.29) is 5.91 Å². The Morgan fingerprint density at radius 2 is 2.08 bits per heavy atom. The van der Waals surface area contributed by atoms with Crippen LogP contribution in [-0.4, -0.2) is 31.3 Å². The zero-order valence-corrected chi connectivity index (χ0v) is 14.0. The zero-order valence-electron chi connectivity index (χ0n) is 13.2. The number of ether oxygens (including phenoxy) is 2. The SMILES string of the molecule is O=C(Nc1ccccc1N1CCOC1=O)C1Cc2cc(Cl)ccc2O1. The maximum absolute atomic E-state index is 12.6. The largest absolute Gasteiger partial charge is 0.480 e. The van der Waals surface area contributed by atoms with E-state index in [2.05, 4.69) is 5.32 Å². The third-order valence-electron chi connectivity index (χ3n) is 4.20. The summed E-state index contributed by atoms with van der Waals surface area (Å²) >= 11 is 5.98. The van der Waals surface area contributed by atoms with Crippen molar-refractivity contribution in [2.75, 3.05) is 23.4 Å². The van der Waals surface area contributed by atoms with Crippen molar-refractivity contribution in [1.29, 1.82) is 0 Å². The van der Waals surface area contributed by atoms with E-state index >= 15 is 0 Å². The summed E-state index contributed by atoms with van der Waals surface area (Å²) in [4.78, 5) is 25.9. The second-order valence-corrected chi connectivity index (χ2v) is 6.27. The van der Waals surface area contributed by atoms with Crippen molar-refractivity contribution in [2.45, 2.75) is 12.5 Å². The molecule has 0 aromatic heterocycles. The van der Waals surface area contributed by atoms with Gasteiger partial charge in [-0.15, -0.1) is 0 Å². The molecule has 1 N–H and O–H groups in total. The molecule has 2 amide bonds. The minimum atomic E-state index is -0.632. The van der Waals surface area contributed by atoms with Gasteiger partial charge in [0.1, 0.15) is 12.4 Å². The average molecular weight is 359 g/mol. The van der Waals surface area contributed by atoms with E-state index in [0.29, 0.717) is 41.7 Å². The van der Waals surface area contributed by atoms with Crippen LogP contribution in [0, 0.1) is 0 Å². The lowest BCUT2D eigenvalue weighted by atomic mass is 10.1. The predicted molar refractivity (Wildman–Crippen MR) is 93.3 cm³/mol. The number of cyclic esters (lactones) is 1. The first-order valence-corrected chi connectivity index (χ1v) is 8.29. The Morgan fingerprint density at radius 3 is 2.88 bits per heavy atom. The molecule has 6 nitrogen and oxygen atoms in total. The molecule has 1 unspecified atom stereocenters. The van der Waals surface area contributed by atoms with Crippen LogP contribution in [0.15, 0.2) is 42.5 Å². The summed E-state index contributed by atoms with van der Waals surface area (Å²) in [6, 6.07) is 12.4. The van der Waals surface area contributed by atoms with Crippen LogP contribution >= 0.6 is 11.6 Å². The number of benzene rings is 2. The normalized spacial score (nSPS) is 18.5. The van der Waals surface area contributed by atoms with Crippen molar-refractivity contribution in [2.24, 2.45) is 0 Å². The molecular weight excluding hydrogens is 344 g/mol. The number of anilines is 2. The maximum Gasteiger partial charge on any atom is 0.414 e. The van der Waals surface area contributed by atoms with Gasteiger partial charge in [0.15, 0.2) is 6.10 Å². The molecule has 2 aliphatic rings. The van der Waals surface area contributed by atoms with Gasteiger partial charge in [0.2, 0.25) is 0 Å². The Balaban J connectivity index is 1.52. The van der Waals surface area contributed by atoms with Crippen LogP contribution < -0.4 is 15.0 Å². The predicted octanol–water partition coefficient (Wildman–Crippen LogP) is 3.24. The molecule has 1 fully saturated rings. The summed E-state index contributed by atoms with van der Waals surface area (Å²) in [6.45, 7) is 0.790. The summed E-state index contributed by atoms with van der Waals surface area (Å²) in [7, 11) is 0. The number of carbonyl (C=O) groups excluding carboxylic acids is 2. The molecule has 2 aromatic carbocycles. The molecule has 25 heavy (non-hydrogen) atoms. The van der Waals surface area contributed by atoms with Crippen LogP contribution in [0.3, 0.4) is 0 Å². The Hall–Kier alpha value is -2.73. The summed E-state index contributed by atoms with van der Waals surface area (Å²) in [5.41, 5.74) is 2.06. The lowest BCUT2D eigenvalue weighted by Gasteiger charge is -2.19. The van der Waals surface area contributed by atoms with Gasteiger partial charge in [-0.25, -0.2) is 4.79 Å². The molecule has 1 saturated heterocycles. The quantitative estimate of drug-likeness (QED) is 0.914. The van der Waals surface area contributed by atoms with Gasteiger partial charge < -0.3 is 14.8 Å². The van der Waals surface area contributed by atoms with E-state index in [4.69, 9.17) is 21.1 Å². The minimum absolute atomic E-state index is 0.271. The molecule has 0 aliphatic carbocycles. The van der Waals surface area contributed by atoms with Crippen LogP contribution in [-0.2, 0) is 16.0 Å². The maximum atomic E-state index is 12.6. The molecule has 4 rings (SSSR count). The van der Waals surface area contributed by atoms with Gasteiger partial charge in [0.05, 0.1) is 17.9 Å². The van der Waals surface area contributed by atoms with Crippen LogP contribution in [0.4, 0.5) is 16.2 Å². The van der Waals surface area contributed by atoms with Gasteiger partial charge in [-0.2, -0.15) is 0 Å². The molecule has 0 spiro atoms. The van der Waals surface area contributed by atoms with Crippen molar-refractivity contribution < 1.29 is 19.1 Å². The molecule has 2 aliphatic heterocycles. The van der Waals surface area contributed by atoms with Crippen molar-refractivity contribution in [3.05, 3.63) is 53.1 Å². The van der Waals surface area contributed by atoms with Gasteiger partial charge in [0.25, 0.3) is 5.91 Å². The van der Waals surface area contributed by atoms with Gasteiger partial charge in [-0.3, -0.25) is 9.69 Å². The Labute approximate surface area is 149 Å². The molecule has 128 valence electrons. The van der Waals surface area contributed by atoms with Crippen molar-refractivity contribution in [1.82, 2.24) is 0 Å². The van der Waals surface area contributed by atoms with Gasteiger partial charge in [0, 0.05) is 11.4 Å². The first kappa shape index (κ1) is 15.8. The summed E-state index contributed by atoms with van der Waals surface area (Å²) < 4.78 is 10.7. The molecule has 0 saturated carbocycles. The van der Waals surface area contributed by atoms with Gasteiger partial charge in [-0.1, -0.05) is 23.7 Å². The van der Waals surface area contributed by atoms with Crippen LogP contribution in [0.1, 0.15) is 5.56 Å². The molecule has 7 heteroatoms. The molecule has 2 heterocycles. The van der Waals surface area contributed by atoms with E-state index in [1.165, 1.54) is 4.90 Å². The van der Waals surface area contributed by atoms with Gasteiger partial charge in [-0.05, 0) is 35.9 Å². The van der Waals surface area contributed by atoms with Crippen molar-refractivity contribution in [3.63, 3.8) is 0 Å². The van der Waals surface area contributed by atoms with E-state index in [1.807, 2.05) is 0 Å². The highest BCUT2D eigenvalue weighted by atomic mass is 35.5. The summed E-state index contributed by atoms with van der Waals surface area (Å²) in [6.07, 6.45) is -0.594. The van der Waals surface area contributed by atoms with E-state index in [9.17, 15) is 9.59 Å². The molecular formula is C18H15ClN2O4. The second kappa shape index (κ2) is 6.29. The smallest absolute Gasteiger partial charge is 0.414 e. The fourth-order valence-corrected chi connectivity index (χ4v) is 3.20. The van der Waals surface area contributed by atoms with Crippen LogP contribution in [0.25, 0.3) is 0 Å². The number of hydrogen-bond donors (Lipinski definition) is 1. The summed E-state index contributed by atoms with van der Waals surface area (Å²) in [5, 5.41) is 3.47. The van der Waals surface area contributed by atoms with Gasteiger partial charge >= 0.3 is 6.09 Å². The average Bonchev–Trinajstić information content (AvgIpc) is 3.21. The number of carbonyl (C=O) groups is 2. The monoisotopic (exact) mass is 358 g/mol. The molecule has 0 radical (unpaired) electrons. The summed E-state index contributed by atoms with van der Waals surface area (Å²) in [5.74, 6) is 0.397. The van der Waals surface area contributed by atoms with E-state index < -0.39 is 12.2 Å². The van der Waals surface area contributed by atoms with E-state index in [0.717, 1.165) is 5.56 Å². The third-order valence-corrected chi connectivity index (χ3v) is 4.44. The molecule has 2 aromatic rings. The first-order chi connectivity index (χ1) is 12.1. The number of halogens is 1. The lowest BCUT2D eigenvalue weighted by molar-refractivity contribution is -0.122. The highest BCUT2D eigenvalue weighted by Crippen LogP contribution is 2.33. The third kappa shape index (κ3) is 3.00. The zero-order chi connectivity index (χ0) is 17.4. The topological polar surface area (TPSA) is 67.9 Å². The fourth-order valence-electron chi connectivity index (χ4n) is 3.00. The van der Waals surface area contributed by atoms with Crippen LogP contribution in [0.2, 0.25) is 5.02 Å². The highest BCUT2D eigenvalue weighted by Gasteiger charge is 2.31. The number of amides is 2. The van der Waals surface area contributed by atoms with Crippen molar-refractivity contribution in [3.8, 4) is 5.75 Å². The first-order valence-electron chi connectivity index (χ1n) is 7.91. The standard InChI is InChI=1S/C18H15ClN2O4/c19-12-5-6-15-11(9-12)10-16(25-15)17(22)20-13-3-1-2-4-14(13)21-7-8-24-18(21)23/h1-6,9,16H,7-8,10H2,(H,20,22). The molecule has 0 bridgehead atoms. The minimum Gasteiger partial charge on any atom is -0.480 e. The second-order valence-electron chi connectivity index (χ2n) is 5.84. The Morgan fingerprint density at radius 1 is 1.24 bits per heavy atom. The fraction of sp³-hybridized carbons (Fsp3) is 0.222. The number of nitrogens with zero attached hydrogens (tertiary/aromatic N) is 1. The lowest BCUT2D eigenvalue weighted by Crippen LogP contribution is -2.32. The van der Waals surface area contributed by atoms with Crippen LogP contribution in [0.5, 0.6) is 5.75 Å².